The molecule has 128 valence electrons. The van der Waals surface area contributed by atoms with Crippen LogP contribution in [0.1, 0.15) is 37.8 Å². The third-order valence-corrected chi connectivity index (χ3v) is 4.46. The minimum absolute atomic E-state index is 0.0136. The number of carbonyl (C=O) groups excluding carboxylic acids is 1. The number of methoxy groups -OCH3 is 1. The second-order valence-corrected chi connectivity index (χ2v) is 6.93. The summed E-state index contributed by atoms with van der Waals surface area (Å²) in [4.78, 5) is 14.1. The van der Waals surface area contributed by atoms with Crippen LogP contribution in [0.5, 0.6) is 5.75 Å². The van der Waals surface area contributed by atoms with E-state index in [4.69, 9.17) is 4.74 Å². The summed E-state index contributed by atoms with van der Waals surface area (Å²) < 4.78 is 5.39. The summed E-state index contributed by atoms with van der Waals surface area (Å²) in [6, 6.07) is 5.98. The fraction of sp³-hybridized carbons (Fsp3) is 0.611. The van der Waals surface area contributed by atoms with Crippen LogP contribution in [-0.4, -0.2) is 42.8 Å². The molecule has 1 aromatic rings. The van der Waals surface area contributed by atoms with E-state index < -0.39 is 0 Å². The predicted octanol–water partition coefficient (Wildman–Crippen LogP) is 2.56. The van der Waals surface area contributed by atoms with Crippen molar-refractivity contribution in [2.75, 3.05) is 26.8 Å². The highest BCUT2D eigenvalue weighted by Crippen LogP contribution is 2.27. The van der Waals surface area contributed by atoms with Crippen molar-refractivity contribution >= 4 is 6.03 Å². The van der Waals surface area contributed by atoms with Gasteiger partial charge in [-0.15, -0.1) is 0 Å². The molecule has 0 aliphatic carbocycles. The van der Waals surface area contributed by atoms with Gasteiger partial charge in [0.25, 0.3) is 0 Å². The second kappa shape index (κ2) is 7.68. The van der Waals surface area contributed by atoms with Crippen molar-refractivity contribution in [3.63, 3.8) is 0 Å². The SMILES string of the molecule is COc1cccc2c1CCN(C(=O)NCCCC(C)(C)CO)C2. The first-order valence-electron chi connectivity index (χ1n) is 8.25. The lowest BCUT2D eigenvalue weighted by atomic mass is 9.89. The first kappa shape index (κ1) is 17.6. The molecule has 0 fully saturated rings. The average Bonchev–Trinajstić information content (AvgIpc) is 2.57. The maximum Gasteiger partial charge on any atom is 0.317 e. The Hall–Kier alpha value is -1.75. The number of hydrogen-bond donors (Lipinski definition) is 2. The van der Waals surface area contributed by atoms with Crippen molar-refractivity contribution < 1.29 is 14.6 Å². The number of benzene rings is 1. The van der Waals surface area contributed by atoms with Crippen LogP contribution in [0.3, 0.4) is 0 Å². The molecule has 1 aromatic carbocycles. The Labute approximate surface area is 138 Å². The minimum Gasteiger partial charge on any atom is -0.496 e. The van der Waals surface area contributed by atoms with Gasteiger partial charge in [0.05, 0.1) is 7.11 Å². The molecule has 0 aromatic heterocycles. The maximum absolute atomic E-state index is 12.3. The molecule has 1 heterocycles. The summed E-state index contributed by atoms with van der Waals surface area (Å²) in [5, 5.41) is 12.2. The molecule has 0 atom stereocenters. The molecule has 0 bridgehead atoms. The lowest BCUT2D eigenvalue weighted by molar-refractivity contribution is 0.147. The van der Waals surface area contributed by atoms with Crippen LogP contribution >= 0.6 is 0 Å². The molecule has 1 aliphatic heterocycles. The molecule has 0 saturated heterocycles. The van der Waals surface area contributed by atoms with Gasteiger partial charge < -0.3 is 20.1 Å². The Morgan fingerprint density at radius 3 is 2.91 bits per heavy atom. The predicted molar refractivity (Wildman–Crippen MR) is 90.6 cm³/mol. The molecule has 0 unspecified atom stereocenters. The van der Waals surface area contributed by atoms with Gasteiger partial charge >= 0.3 is 6.03 Å². The van der Waals surface area contributed by atoms with E-state index in [-0.39, 0.29) is 18.1 Å². The van der Waals surface area contributed by atoms with Gasteiger partial charge in [-0.3, -0.25) is 0 Å². The fourth-order valence-electron chi connectivity index (χ4n) is 2.89. The number of nitrogens with one attached hydrogen (secondary N) is 1. The van der Waals surface area contributed by atoms with Gasteiger partial charge in [-0.1, -0.05) is 26.0 Å². The maximum atomic E-state index is 12.3. The van der Waals surface area contributed by atoms with Gasteiger partial charge in [0.15, 0.2) is 0 Å². The van der Waals surface area contributed by atoms with E-state index in [0.717, 1.165) is 30.6 Å². The van der Waals surface area contributed by atoms with E-state index in [2.05, 4.69) is 11.4 Å². The first-order chi connectivity index (χ1) is 11.0. The number of aliphatic hydroxyl groups is 1. The van der Waals surface area contributed by atoms with Crippen LogP contribution in [0, 0.1) is 5.41 Å². The van der Waals surface area contributed by atoms with Gasteiger partial charge in [-0.2, -0.15) is 0 Å². The molecule has 23 heavy (non-hydrogen) atoms. The van der Waals surface area contributed by atoms with Crippen LogP contribution in [0.2, 0.25) is 0 Å². The number of carbonyl (C=O) groups is 1. The monoisotopic (exact) mass is 320 g/mol. The Morgan fingerprint density at radius 2 is 2.22 bits per heavy atom. The van der Waals surface area contributed by atoms with E-state index in [1.807, 2.05) is 30.9 Å². The van der Waals surface area contributed by atoms with Crippen LogP contribution in [0.4, 0.5) is 4.79 Å². The fourth-order valence-corrected chi connectivity index (χ4v) is 2.89. The highest BCUT2D eigenvalue weighted by Gasteiger charge is 2.22. The number of urea groups is 1. The van der Waals surface area contributed by atoms with Crippen LogP contribution in [0.15, 0.2) is 18.2 Å². The summed E-state index contributed by atoms with van der Waals surface area (Å²) >= 11 is 0. The molecule has 2 rings (SSSR count). The average molecular weight is 320 g/mol. The van der Waals surface area contributed by atoms with Crippen molar-refractivity contribution in [3.8, 4) is 5.75 Å². The van der Waals surface area contributed by atoms with Crippen LogP contribution in [0.25, 0.3) is 0 Å². The first-order valence-corrected chi connectivity index (χ1v) is 8.25. The van der Waals surface area contributed by atoms with Crippen molar-refractivity contribution in [1.82, 2.24) is 10.2 Å². The Kier molecular flexibility index (Phi) is 5.88. The van der Waals surface area contributed by atoms with Crippen molar-refractivity contribution in [1.29, 1.82) is 0 Å². The van der Waals surface area contributed by atoms with Gasteiger partial charge in [0, 0.05) is 31.8 Å². The summed E-state index contributed by atoms with van der Waals surface area (Å²) in [6.07, 6.45) is 2.59. The summed E-state index contributed by atoms with van der Waals surface area (Å²) in [5.41, 5.74) is 2.29. The van der Waals surface area contributed by atoms with Gasteiger partial charge in [0.2, 0.25) is 0 Å². The van der Waals surface area contributed by atoms with Gasteiger partial charge in [-0.25, -0.2) is 4.79 Å². The molecule has 2 amide bonds. The Bertz CT molecular complexity index is 543. The molecule has 0 radical (unpaired) electrons. The summed E-state index contributed by atoms with van der Waals surface area (Å²) in [6.45, 7) is 6.21. The van der Waals surface area contributed by atoms with E-state index in [1.165, 1.54) is 5.56 Å². The van der Waals surface area contributed by atoms with E-state index in [1.54, 1.807) is 7.11 Å². The number of nitrogens with zero attached hydrogens (tertiary/aromatic N) is 1. The number of rotatable bonds is 6. The van der Waals surface area contributed by atoms with E-state index in [9.17, 15) is 9.90 Å². The zero-order valence-corrected chi connectivity index (χ0v) is 14.4. The van der Waals surface area contributed by atoms with Gasteiger partial charge in [-0.05, 0) is 36.3 Å². The number of aliphatic hydroxyl groups excluding tert-OH is 1. The van der Waals surface area contributed by atoms with Gasteiger partial charge in [0.1, 0.15) is 5.75 Å². The third-order valence-electron chi connectivity index (χ3n) is 4.46. The number of amides is 2. The lowest BCUT2D eigenvalue weighted by Crippen LogP contribution is -2.43. The normalized spacial score (nSPS) is 14.3. The topological polar surface area (TPSA) is 61.8 Å². The molecule has 1 aliphatic rings. The molecule has 5 heteroatoms. The van der Waals surface area contributed by atoms with Crippen molar-refractivity contribution in [2.45, 2.75) is 39.7 Å². The molecule has 5 nitrogen and oxygen atoms in total. The third kappa shape index (κ3) is 4.61. The summed E-state index contributed by atoms with van der Waals surface area (Å²) in [7, 11) is 1.68. The number of hydrogen-bond acceptors (Lipinski definition) is 3. The summed E-state index contributed by atoms with van der Waals surface area (Å²) in [5.74, 6) is 0.911. The van der Waals surface area contributed by atoms with Crippen molar-refractivity contribution in [2.24, 2.45) is 5.41 Å². The number of fused-ring (bicyclic) bond motifs is 1. The largest absolute Gasteiger partial charge is 0.496 e. The number of ether oxygens (including phenoxy) is 1. The highest BCUT2D eigenvalue weighted by atomic mass is 16.5. The van der Waals surface area contributed by atoms with Crippen LogP contribution < -0.4 is 10.1 Å². The highest BCUT2D eigenvalue weighted by molar-refractivity contribution is 5.74. The standard InChI is InChI=1S/C18H28N2O3/c1-18(2,13-21)9-5-10-19-17(22)20-11-8-15-14(12-20)6-4-7-16(15)23-3/h4,6-7,21H,5,8-13H2,1-3H3,(H,19,22). The molecule has 0 saturated carbocycles. The Balaban J connectivity index is 1.83. The minimum atomic E-state index is -0.0780. The second-order valence-electron chi connectivity index (χ2n) is 6.93. The Morgan fingerprint density at radius 1 is 1.43 bits per heavy atom. The molecular weight excluding hydrogens is 292 g/mol. The van der Waals surface area contributed by atoms with Crippen LogP contribution in [-0.2, 0) is 13.0 Å². The van der Waals surface area contributed by atoms with E-state index in [0.29, 0.717) is 19.6 Å². The lowest BCUT2D eigenvalue weighted by Gasteiger charge is -2.30. The molecule has 2 N–H and O–H groups in total. The zero-order valence-electron chi connectivity index (χ0n) is 14.4. The van der Waals surface area contributed by atoms with E-state index >= 15 is 0 Å². The zero-order chi connectivity index (χ0) is 16.9. The molecule has 0 spiro atoms. The smallest absolute Gasteiger partial charge is 0.317 e. The van der Waals surface area contributed by atoms with Crippen molar-refractivity contribution in [3.05, 3.63) is 29.3 Å². The molecular formula is C18H28N2O3. The quantitative estimate of drug-likeness (QED) is 0.792.